The predicted molar refractivity (Wildman–Crippen MR) is 56.1 cm³/mol. The first-order valence-corrected chi connectivity index (χ1v) is 5.36. The Morgan fingerprint density at radius 2 is 2.36 bits per heavy atom. The summed E-state index contributed by atoms with van der Waals surface area (Å²) >= 11 is 0. The Kier molecular flexibility index (Phi) is 2.44. The SMILES string of the molecule is CCn1nncc1NCC1(C)CCC1. The first-order valence-electron chi connectivity index (χ1n) is 5.36. The van der Waals surface area contributed by atoms with Gasteiger partial charge in [0, 0.05) is 13.1 Å². The van der Waals surface area contributed by atoms with Crippen LogP contribution in [0.2, 0.25) is 0 Å². The number of nitrogens with zero attached hydrogens (tertiary/aromatic N) is 3. The van der Waals surface area contributed by atoms with Crippen molar-refractivity contribution in [2.24, 2.45) is 5.41 Å². The van der Waals surface area contributed by atoms with Crippen LogP contribution in [-0.4, -0.2) is 21.5 Å². The second kappa shape index (κ2) is 3.59. The van der Waals surface area contributed by atoms with Gasteiger partial charge in [0.1, 0.15) is 5.82 Å². The Hall–Kier alpha value is -1.06. The van der Waals surface area contributed by atoms with Crippen LogP contribution in [-0.2, 0) is 6.54 Å². The van der Waals surface area contributed by atoms with Gasteiger partial charge < -0.3 is 5.32 Å². The zero-order valence-corrected chi connectivity index (χ0v) is 8.95. The molecule has 0 atom stereocenters. The maximum Gasteiger partial charge on any atom is 0.144 e. The van der Waals surface area contributed by atoms with Crippen molar-refractivity contribution in [3.63, 3.8) is 0 Å². The van der Waals surface area contributed by atoms with Crippen LogP contribution >= 0.6 is 0 Å². The van der Waals surface area contributed by atoms with Gasteiger partial charge in [0.05, 0.1) is 6.20 Å². The molecule has 1 saturated carbocycles. The van der Waals surface area contributed by atoms with Gasteiger partial charge >= 0.3 is 0 Å². The number of aromatic nitrogens is 3. The largest absolute Gasteiger partial charge is 0.368 e. The van der Waals surface area contributed by atoms with E-state index in [9.17, 15) is 0 Å². The number of hydrogen-bond acceptors (Lipinski definition) is 3. The number of rotatable bonds is 4. The van der Waals surface area contributed by atoms with Crippen LogP contribution in [0.15, 0.2) is 6.20 Å². The number of anilines is 1. The molecule has 0 saturated heterocycles. The highest BCUT2D eigenvalue weighted by molar-refractivity contribution is 5.31. The second-order valence-corrected chi connectivity index (χ2v) is 4.45. The van der Waals surface area contributed by atoms with E-state index in [1.165, 1.54) is 19.3 Å². The zero-order chi connectivity index (χ0) is 10.0. The predicted octanol–water partition coefficient (Wildman–Crippen LogP) is 1.90. The molecule has 1 heterocycles. The van der Waals surface area contributed by atoms with Crippen molar-refractivity contribution in [2.75, 3.05) is 11.9 Å². The third kappa shape index (κ3) is 1.74. The highest BCUT2D eigenvalue weighted by Gasteiger charge is 2.31. The highest BCUT2D eigenvalue weighted by atomic mass is 15.4. The van der Waals surface area contributed by atoms with Crippen molar-refractivity contribution in [3.05, 3.63) is 6.20 Å². The number of aryl methyl sites for hydroxylation is 1. The Morgan fingerprint density at radius 1 is 1.57 bits per heavy atom. The fourth-order valence-corrected chi connectivity index (χ4v) is 1.89. The smallest absolute Gasteiger partial charge is 0.144 e. The van der Waals surface area contributed by atoms with Gasteiger partial charge in [-0.15, -0.1) is 5.10 Å². The summed E-state index contributed by atoms with van der Waals surface area (Å²) in [4.78, 5) is 0. The summed E-state index contributed by atoms with van der Waals surface area (Å²) in [6, 6.07) is 0. The minimum absolute atomic E-state index is 0.503. The summed E-state index contributed by atoms with van der Waals surface area (Å²) < 4.78 is 1.89. The van der Waals surface area contributed by atoms with Crippen LogP contribution < -0.4 is 5.32 Å². The van der Waals surface area contributed by atoms with Crippen LogP contribution in [0.25, 0.3) is 0 Å². The summed E-state index contributed by atoms with van der Waals surface area (Å²) in [6.07, 6.45) is 5.86. The van der Waals surface area contributed by atoms with E-state index in [0.717, 1.165) is 18.9 Å². The first-order chi connectivity index (χ1) is 6.73. The van der Waals surface area contributed by atoms with Gasteiger partial charge in [-0.2, -0.15) is 0 Å². The molecule has 14 heavy (non-hydrogen) atoms. The van der Waals surface area contributed by atoms with E-state index in [1.54, 1.807) is 6.20 Å². The monoisotopic (exact) mass is 194 g/mol. The van der Waals surface area contributed by atoms with Gasteiger partial charge in [0.25, 0.3) is 0 Å². The van der Waals surface area contributed by atoms with Crippen molar-refractivity contribution in [1.29, 1.82) is 0 Å². The molecule has 4 heteroatoms. The van der Waals surface area contributed by atoms with Crippen LogP contribution in [0.5, 0.6) is 0 Å². The molecule has 1 aromatic rings. The first kappa shape index (κ1) is 9.49. The molecule has 0 bridgehead atoms. The van der Waals surface area contributed by atoms with Crippen LogP contribution in [0.3, 0.4) is 0 Å². The molecule has 0 aromatic carbocycles. The maximum absolute atomic E-state index is 3.98. The van der Waals surface area contributed by atoms with Gasteiger partial charge in [-0.05, 0) is 25.2 Å². The molecule has 1 fully saturated rings. The van der Waals surface area contributed by atoms with Crippen LogP contribution in [0, 0.1) is 5.41 Å². The molecule has 0 spiro atoms. The van der Waals surface area contributed by atoms with Crippen molar-refractivity contribution < 1.29 is 0 Å². The lowest BCUT2D eigenvalue weighted by Crippen LogP contribution is -2.33. The van der Waals surface area contributed by atoms with Gasteiger partial charge in [-0.1, -0.05) is 18.6 Å². The van der Waals surface area contributed by atoms with E-state index in [4.69, 9.17) is 0 Å². The van der Waals surface area contributed by atoms with Crippen molar-refractivity contribution in [3.8, 4) is 0 Å². The average molecular weight is 194 g/mol. The van der Waals surface area contributed by atoms with E-state index in [1.807, 2.05) is 4.68 Å². The molecular formula is C10H18N4. The molecule has 0 radical (unpaired) electrons. The molecule has 0 aliphatic heterocycles. The lowest BCUT2D eigenvalue weighted by Gasteiger charge is -2.38. The van der Waals surface area contributed by atoms with Crippen molar-refractivity contribution >= 4 is 5.82 Å². The van der Waals surface area contributed by atoms with Crippen molar-refractivity contribution in [1.82, 2.24) is 15.0 Å². The topological polar surface area (TPSA) is 42.7 Å². The Morgan fingerprint density at radius 3 is 2.93 bits per heavy atom. The van der Waals surface area contributed by atoms with E-state index < -0.39 is 0 Å². The van der Waals surface area contributed by atoms with Gasteiger partial charge in [0.15, 0.2) is 0 Å². The molecule has 1 aliphatic carbocycles. The standard InChI is InChI=1S/C10H18N4/c1-3-14-9(7-12-13-14)11-8-10(2)5-4-6-10/h7,11H,3-6,8H2,1-2H3. The molecule has 0 amide bonds. The molecule has 0 unspecified atom stereocenters. The molecule has 1 aliphatic rings. The minimum atomic E-state index is 0.503. The van der Waals surface area contributed by atoms with Crippen LogP contribution in [0.1, 0.15) is 33.1 Å². The van der Waals surface area contributed by atoms with E-state index in [2.05, 4.69) is 29.5 Å². The quantitative estimate of drug-likeness (QED) is 0.796. The fraction of sp³-hybridized carbons (Fsp3) is 0.800. The Bertz CT molecular complexity index is 301. The van der Waals surface area contributed by atoms with E-state index >= 15 is 0 Å². The third-order valence-corrected chi connectivity index (χ3v) is 3.17. The average Bonchev–Trinajstić information content (AvgIpc) is 2.58. The second-order valence-electron chi connectivity index (χ2n) is 4.45. The lowest BCUT2D eigenvalue weighted by molar-refractivity contribution is 0.179. The van der Waals surface area contributed by atoms with E-state index in [0.29, 0.717) is 5.41 Å². The third-order valence-electron chi connectivity index (χ3n) is 3.17. The maximum atomic E-state index is 3.98. The van der Waals surface area contributed by atoms with E-state index in [-0.39, 0.29) is 0 Å². The molecule has 1 N–H and O–H groups in total. The molecule has 2 rings (SSSR count). The minimum Gasteiger partial charge on any atom is -0.368 e. The Labute approximate surface area is 84.7 Å². The summed E-state index contributed by atoms with van der Waals surface area (Å²) in [6.45, 7) is 6.33. The van der Waals surface area contributed by atoms with Gasteiger partial charge in [-0.25, -0.2) is 4.68 Å². The fourth-order valence-electron chi connectivity index (χ4n) is 1.89. The van der Waals surface area contributed by atoms with Gasteiger partial charge in [0.2, 0.25) is 0 Å². The zero-order valence-electron chi connectivity index (χ0n) is 8.95. The summed E-state index contributed by atoms with van der Waals surface area (Å²) in [5.74, 6) is 1.04. The molecule has 78 valence electrons. The van der Waals surface area contributed by atoms with Gasteiger partial charge in [-0.3, -0.25) is 0 Å². The van der Waals surface area contributed by atoms with Crippen LogP contribution in [0.4, 0.5) is 5.82 Å². The summed E-state index contributed by atoms with van der Waals surface area (Å²) in [7, 11) is 0. The summed E-state index contributed by atoms with van der Waals surface area (Å²) in [5.41, 5.74) is 0.503. The number of nitrogens with one attached hydrogen (secondary N) is 1. The Balaban J connectivity index is 1.91. The normalized spacial score (nSPS) is 19.0. The number of hydrogen-bond donors (Lipinski definition) is 1. The lowest BCUT2D eigenvalue weighted by atomic mass is 9.70. The highest BCUT2D eigenvalue weighted by Crippen LogP contribution is 2.40. The van der Waals surface area contributed by atoms with Crippen molar-refractivity contribution in [2.45, 2.75) is 39.7 Å². The molecule has 4 nitrogen and oxygen atoms in total. The molecule has 1 aromatic heterocycles. The molecular weight excluding hydrogens is 176 g/mol. The summed E-state index contributed by atoms with van der Waals surface area (Å²) in [5, 5.41) is 11.3.